The molecule has 0 bridgehead atoms. The van der Waals surface area contributed by atoms with Crippen molar-refractivity contribution in [3.8, 4) is 0 Å². The molecule has 1 aromatic carbocycles. The van der Waals surface area contributed by atoms with Crippen molar-refractivity contribution in [3.05, 3.63) is 41.2 Å². The number of rotatable bonds is 6. The molecule has 0 unspecified atom stereocenters. The van der Waals surface area contributed by atoms with Crippen molar-refractivity contribution in [2.45, 2.75) is 19.3 Å². The average molecular weight is 362 g/mol. The summed E-state index contributed by atoms with van der Waals surface area (Å²) in [4.78, 5) is 30.0. The first-order valence-electron chi connectivity index (χ1n) is 8.06. The van der Waals surface area contributed by atoms with Gasteiger partial charge >= 0.3 is 0 Å². The number of thiazole rings is 1. The molecule has 3 rings (SSSR count). The number of benzene rings is 1. The van der Waals surface area contributed by atoms with Crippen LogP contribution >= 0.6 is 11.3 Å². The van der Waals surface area contributed by atoms with Gasteiger partial charge in [-0.2, -0.15) is 0 Å². The summed E-state index contributed by atoms with van der Waals surface area (Å²) < 4.78 is 13.3. The van der Waals surface area contributed by atoms with E-state index in [1.165, 1.54) is 28.4 Å². The molecule has 0 aliphatic carbocycles. The Morgan fingerprint density at radius 3 is 3.04 bits per heavy atom. The highest BCUT2D eigenvalue weighted by Crippen LogP contribution is 2.25. The number of carbonyl (C=O) groups is 2. The molecule has 1 atom stereocenters. The first-order chi connectivity index (χ1) is 12.0. The molecule has 6 nitrogen and oxygen atoms in total. The van der Waals surface area contributed by atoms with Gasteiger partial charge in [0.1, 0.15) is 5.82 Å². The van der Waals surface area contributed by atoms with Crippen molar-refractivity contribution in [2.24, 2.45) is 5.92 Å². The van der Waals surface area contributed by atoms with Crippen LogP contribution in [-0.4, -0.2) is 29.9 Å². The predicted octanol–water partition coefficient (Wildman–Crippen LogP) is 1.97. The number of anilines is 2. The van der Waals surface area contributed by atoms with Crippen LogP contribution in [0.3, 0.4) is 0 Å². The summed E-state index contributed by atoms with van der Waals surface area (Å²) in [7, 11) is 0. The largest absolute Gasteiger partial charge is 0.375 e. The highest BCUT2D eigenvalue weighted by atomic mass is 32.1. The maximum absolute atomic E-state index is 13.3. The zero-order chi connectivity index (χ0) is 17.8. The van der Waals surface area contributed by atoms with Crippen molar-refractivity contribution in [1.29, 1.82) is 0 Å². The van der Waals surface area contributed by atoms with Crippen LogP contribution in [0.25, 0.3) is 0 Å². The molecule has 8 heteroatoms. The molecule has 2 aromatic rings. The van der Waals surface area contributed by atoms with Gasteiger partial charge in [0.2, 0.25) is 11.8 Å². The van der Waals surface area contributed by atoms with Gasteiger partial charge in [-0.1, -0.05) is 6.07 Å². The minimum atomic E-state index is -0.411. The standard InChI is InChI=1S/C17H19FN4O2S/c18-12-3-1-5-14(8-12)22-9-11(7-15(22)23)16(24)20-6-2-4-13-10-25-17(19)21-13/h1,3,5,8,10-11H,2,4,6-7,9H2,(H2,19,21)(H,20,24)/t11-/m0/s1. The molecule has 1 aromatic heterocycles. The third-order valence-corrected chi connectivity index (χ3v) is 4.82. The first-order valence-corrected chi connectivity index (χ1v) is 8.94. The summed E-state index contributed by atoms with van der Waals surface area (Å²) in [5.41, 5.74) is 6.98. The van der Waals surface area contributed by atoms with Gasteiger partial charge in [-0.3, -0.25) is 9.59 Å². The number of nitrogens with two attached hydrogens (primary N) is 1. The fourth-order valence-corrected chi connectivity index (χ4v) is 3.44. The molecule has 0 saturated carbocycles. The Labute approximate surface area is 148 Å². The lowest BCUT2D eigenvalue weighted by Gasteiger charge is -2.16. The van der Waals surface area contributed by atoms with E-state index in [0.29, 0.717) is 17.4 Å². The van der Waals surface area contributed by atoms with Gasteiger partial charge in [-0.15, -0.1) is 11.3 Å². The molecule has 0 spiro atoms. The van der Waals surface area contributed by atoms with Crippen molar-refractivity contribution in [2.75, 3.05) is 23.7 Å². The van der Waals surface area contributed by atoms with Gasteiger partial charge in [-0.25, -0.2) is 9.37 Å². The highest BCUT2D eigenvalue weighted by molar-refractivity contribution is 7.13. The van der Waals surface area contributed by atoms with Gasteiger partial charge < -0.3 is 16.0 Å². The second-order valence-electron chi connectivity index (χ2n) is 5.96. The van der Waals surface area contributed by atoms with Crippen LogP contribution in [0.4, 0.5) is 15.2 Å². The molecule has 132 valence electrons. The maximum atomic E-state index is 13.3. The molecule has 1 aliphatic rings. The van der Waals surface area contributed by atoms with Gasteiger partial charge in [0, 0.05) is 30.6 Å². The number of halogens is 1. The Bertz CT molecular complexity index is 780. The number of carbonyl (C=O) groups excluding carboxylic acids is 2. The van der Waals surface area contributed by atoms with Gasteiger partial charge in [0.25, 0.3) is 0 Å². The number of nitrogens with one attached hydrogen (secondary N) is 1. The van der Waals surface area contributed by atoms with Gasteiger partial charge in [0.15, 0.2) is 5.13 Å². The number of aryl methyl sites for hydroxylation is 1. The van der Waals surface area contributed by atoms with Crippen LogP contribution in [0.5, 0.6) is 0 Å². The van der Waals surface area contributed by atoms with E-state index in [1.807, 2.05) is 5.38 Å². The quantitative estimate of drug-likeness (QED) is 0.769. The third-order valence-electron chi connectivity index (χ3n) is 4.09. The lowest BCUT2D eigenvalue weighted by Crippen LogP contribution is -2.33. The van der Waals surface area contributed by atoms with Crippen LogP contribution in [0.2, 0.25) is 0 Å². The van der Waals surface area contributed by atoms with Crippen molar-refractivity contribution in [1.82, 2.24) is 10.3 Å². The number of aromatic nitrogens is 1. The molecule has 1 aliphatic heterocycles. The third kappa shape index (κ3) is 4.33. The molecule has 0 radical (unpaired) electrons. The van der Waals surface area contributed by atoms with E-state index in [9.17, 15) is 14.0 Å². The monoisotopic (exact) mass is 362 g/mol. The zero-order valence-corrected chi connectivity index (χ0v) is 14.4. The molecular formula is C17H19FN4O2S. The minimum absolute atomic E-state index is 0.144. The van der Waals surface area contributed by atoms with E-state index in [2.05, 4.69) is 10.3 Å². The average Bonchev–Trinajstić information content (AvgIpc) is 3.17. The SMILES string of the molecule is Nc1nc(CCCNC(=O)[C@H]2CC(=O)N(c3cccc(F)c3)C2)cs1. The summed E-state index contributed by atoms with van der Waals surface area (Å²) in [6.07, 6.45) is 1.64. The Kier molecular flexibility index (Phi) is 5.28. The summed E-state index contributed by atoms with van der Waals surface area (Å²) >= 11 is 1.40. The number of hydrogen-bond acceptors (Lipinski definition) is 5. The van der Waals surface area contributed by atoms with Crippen LogP contribution in [0.1, 0.15) is 18.5 Å². The van der Waals surface area contributed by atoms with Gasteiger partial charge in [-0.05, 0) is 31.0 Å². The van der Waals surface area contributed by atoms with E-state index < -0.39 is 11.7 Å². The molecule has 1 fully saturated rings. The van der Waals surface area contributed by atoms with Gasteiger partial charge in [0.05, 0.1) is 11.6 Å². The summed E-state index contributed by atoms with van der Waals surface area (Å²) in [6, 6.07) is 5.85. The van der Waals surface area contributed by atoms with Crippen LogP contribution in [-0.2, 0) is 16.0 Å². The summed E-state index contributed by atoms with van der Waals surface area (Å²) in [5, 5.41) is 5.31. The lowest BCUT2D eigenvalue weighted by atomic mass is 10.1. The Morgan fingerprint density at radius 2 is 2.32 bits per heavy atom. The minimum Gasteiger partial charge on any atom is -0.375 e. The van der Waals surface area contributed by atoms with E-state index in [-0.39, 0.29) is 24.8 Å². The molecule has 1 saturated heterocycles. The molecule has 2 amide bonds. The highest BCUT2D eigenvalue weighted by Gasteiger charge is 2.35. The van der Waals surface area contributed by atoms with Crippen LogP contribution in [0, 0.1) is 11.7 Å². The number of hydrogen-bond donors (Lipinski definition) is 2. The maximum Gasteiger partial charge on any atom is 0.227 e. The van der Waals surface area contributed by atoms with E-state index in [1.54, 1.807) is 12.1 Å². The Hall–Kier alpha value is -2.48. The van der Waals surface area contributed by atoms with Crippen molar-refractivity contribution in [3.63, 3.8) is 0 Å². The Balaban J connectivity index is 1.47. The fraction of sp³-hybridized carbons (Fsp3) is 0.353. The number of amides is 2. The lowest BCUT2D eigenvalue weighted by molar-refractivity contribution is -0.126. The van der Waals surface area contributed by atoms with E-state index >= 15 is 0 Å². The van der Waals surface area contributed by atoms with E-state index in [0.717, 1.165) is 18.5 Å². The fourth-order valence-electron chi connectivity index (χ4n) is 2.84. The molecule has 2 heterocycles. The number of nitrogens with zero attached hydrogens (tertiary/aromatic N) is 2. The molecular weight excluding hydrogens is 343 g/mol. The van der Waals surface area contributed by atoms with E-state index in [4.69, 9.17) is 5.73 Å². The zero-order valence-electron chi connectivity index (χ0n) is 13.6. The molecule has 25 heavy (non-hydrogen) atoms. The predicted molar refractivity (Wildman–Crippen MR) is 94.7 cm³/mol. The normalized spacial score (nSPS) is 17.1. The second-order valence-corrected chi connectivity index (χ2v) is 6.85. The molecule has 3 N–H and O–H groups in total. The van der Waals surface area contributed by atoms with Crippen molar-refractivity contribution >= 4 is 34.0 Å². The van der Waals surface area contributed by atoms with Crippen LogP contribution in [0.15, 0.2) is 29.6 Å². The van der Waals surface area contributed by atoms with Crippen molar-refractivity contribution < 1.29 is 14.0 Å². The second kappa shape index (κ2) is 7.60. The topological polar surface area (TPSA) is 88.3 Å². The summed E-state index contributed by atoms with van der Waals surface area (Å²) in [6.45, 7) is 0.789. The smallest absolute Gasteiger partial charge is 0.227 e. The number of nitrogen functional groups attached to an aromatic ring is 1. The first kappa shape index (κ1) is 17.3. The summed E-state index contributed by atoms with van der Waals surface area (Å²) in [5.74, 6) is -1.12. The van der Waals surface area contributed by atoms with Crippen LogP contribution < -0.4 is 16.0 Å². The Morgan fingerprint density at radius 1 is 1.48 bits per heavy atom.